The zero-order valence-corrected chi connectivity index (χ0v) is 15.8. The highest BCUT2D eigenvalue weighted by molar-refractivity contribution is 9.10. The number of ether oxygens (including phenoxy) is 3. The summed E-state index contributed by atoms with van der Waals surface area (Å²) in [6.07, 6.45) is 0.791. The molecule has 0 bridgehead atoms. The molecule has 0 aromatic heterocycles. The molecule has 0 unspecified atom stereocenters. The molecule has 0 fully saturated rings. The van der Waals surface area contributed by atoms with Crippen LogP contribution in [-0.2, 0) is 17.8 Å². The molecule has 6 heteroatoms. The normalized spacial score (nSPS) is 13.2. The van der Waals surface area contributed by atoms with Crippen LogP contribution < -0.4 is 14.2 Å². The van der Waals surface area contributed by atoms with Crippen LogP contribution in [0, 0.1) is 0 Å². The fourth-order valence-electron chi connectivity index (χ4n) is 2.86. The molecule has 1 amide bonds. The minimum absolute atomic E-state index is 0.0247. The van der Waals surface area contributed by atoms with E-state index in [1.807, 2.05) is 41.3 Å². The topological polar surface area (TPSA) is 48.0 Å². The Balaban J connectivity index is 1.65. The van der Waals surface area contributed by atoms with E-state index in [9.17, 15) is 4.79 Å². The first kappa shape index (κ1) is 17.6. The summed E-state index contributed by atoms with van der Waals surface area (Å²) in [5, 5.41) is 0. The van der Waals surface area contributed by atoms with Crippen molar-refractivity contribution in [2.75, 3.05) is 27.4 Å². The molecule has 0 aliphatic carbocycles. The summed E-state index contributed by atoms with van der Waals surface area (Å²) >= 11 is 3.38. The highest BCUT2D eigenvalue weighted by atomic mass is 79.9. The van der Waals surface area contributed by atoms with Gasteiger partial charge in [0.05, 0.1) is 14.2 Å². The standard InChI is InChI=1S/C19H20BrNO4/c1-23-17-9-13-7-8-21(11-14(13)10-18(17)24-2)19(22)12-25-16-5-3-15(20)4-6-16/h3-6,9-10H,7-8,11-12H2,1-2H3. The van der Waals surface area contributed by atoms with E-state index in [1.54, 1.807) is 14.2 Å². The van der Waals surface area contributed by atoms with Gasteiger partial charge in [0.2, 0.25) is 0 Å². The van der Waals surface area contributed by atoms with Gasteiger partial charge >= 0.3 is 0 Å². The van der Waals surface area contributed by atoms with Gasteiger partial charge in [0.15, 0.2) is 18.1 Å². The third-order valence-electron chi connectivity index (χ3n) is 4.25. The van der Waals surface area contributed by atoms with Crippen molar-refractivity contribution >= 4 is 21.8 Å². The summed E-state index contributed by atoms with van der Waals surface area (Å²) in [4.78, 5) is 14.3. The highest BCUT2D eigenvalue weighted by Crippen LogP contribution is 2.33. The Bertz CT molecular complexity index is 761. The Morgan fingerprint density at radius 1 is 1.08 bits per heavy atom. The molecule has 0 radical (unpaired) electrons. The van der Waals surface area contributed by atoms with E-state index in [0.717, 1.165) is 22.2 Å². The van der Waals surface area contributed by atoms with Crippen molar-refractivity contribution in [3.63, 3.8) is 0 Å². The number of hydrogen-bond donors (Lipinski definition) is 0. The number of carbonyl (C=O) groups excluding carboxylic acids is 1. The summed E-state index contributed by atoms with van der Waals surface area (Å²) < 4.78 is 17.3. The van der Waals surface area contributed by atoms with Crippen molar-refractivity contribution in [3.8, 4) is 17.2 Å². The second-order valence-corrected chi connectivity index (χ2v) is 6.70. The van der Waals surface area contributed by atoms with Gasteiger partial charge in [0, 0.05) is 17.6 Å². The molecule has 132 valence electrons. The second-order valence-electron chi connectivity index (χ2n) is 5.78. The van der Waals surface area contributed by atoms with E-state index in [1.165, 1.54) is 5.56 Å². The van der Waals surface area contributed by atoms with E-state index in [0.29, 0.717) is 24.6 Å². The number of halogens is 1. The number of fused-ring (bicyclic) bond motifs is 1. The van der Waals surface area contributed by atoms with E-state index in [-0.39, 0.29) is 12.5 Å². The summed E-state index contributed by atoms with van der Waals surface area (Å²) in [5.41, 5.74) is 2.27. The van der Waals surface area contributed by atoms with Crippen molar-refractivity contribution in [2.24, 2.45) is 0 Å². The van der Waals surface area contributed by atoms with Crippen molar-refractivity contribution in [2.45, 2.75) is 13.0 Å². The minimum Gasteiger partial charge on any atom is -0.493 e. The van der Waals surface area contributed by atoms with Crippen molar-refractivity contribution in [1.29, 1.82) is 0 Å². The average molecular weight is 406 g/mol. The fourth-order valence-corrected chi connectivity index (χ4v) is 3.13. The molecular weight excluding hydrogens is 386 g/mol. The molecule has 5 nitrogen and oxygen atoms in total. The van der Waals surface area contributed by atoms with E-state index in [2.05, 4.69) is 15.9 Å². The number of amides is 1. The van der Waals surface area contributed by atoms with E-state index in [4.69, 9.17) is 14.2 Å². The van der Waals surface area contributed by atoms with Crippen molar-refractivity contribution in [1.82, 2.24) is 4.90 Å². The van der Waals surface area contributed by atoms with E-state index >= 15 is 0 Å². The lowest BCUT2D eigenvalue weighted by atomic mass is 9.99. The molecule has 0 spiro atoms. The first-order chi connectivity index (χ1) is 12.1. The van der Waals surface area contributed by atoms with Gasteiger partial charge in [0.1, 0.15) is 5.75 Å². The predicted molar refractivity (Wildman–Crippen MR) is 98.3 cm³/mol. The van der Waals surface area contributed by atoms with Crippen LogP contribution in [0.5, 0.6) is 17.2 Å². The van der Waals surface area contributed by atoms with Crippen LogP contribution in [0.4, 0.5) is 0 Å². The number of benzene rings is 2. The zero-order chi connectivity index (χ0) is 17.8. The SMILES string of the molecule is COc1cc2c(cc1OC)CN(C(=O)COc1ccc(Br)cc1)CC2. The molecule has 0 N–H and O–H groups in total. The molecule has 0 saturated carbocycles. The maximum absolute atomic E-state index is 12.5. The fraction of sp³-hybridized carbons (Fsp3) is 0.316. The predicted octanol–water partition coefficient (Wildman–Crippen LogP) is 3.43. The van der Waals surface area contributed by atoms with Gasteiger partial charge in [-0.05, 0) is 53.9 Å². The van der Waals surface area contributed by atoms with Crippen molar-refractivity contribution in [3.05, 3.63) is 52.0 Å². The molecule has 2 aromatic carbocycles. The van der Waals surface area contributed by atoms with Crippen LogP contribution in [-0.4, -0.2) is 38.2 Å². The monoisotopic (exact) mass is 405 g/mol. The Morgan fingerprint density at radius 3 is 2.36 bits per heavy atom. The highest BCUT2D eigenvalue weighted by Gasteiger charge is 2.23. The van der Waals surface area contributed by atoms with Crippen LogP contribution in [0.2, 0.25) is 0 Å². The maximum Gasteiger partial charge on any atom is 0.260 e. The lowest BCUT2D eigenvalue weighted by Crippen LogP contribution is -2.38. The number of carbonyl (C=O) groups is 1. The van der Waals surface area contributed by atoms with Gasteiger partial charge in [-0.1, -0.05) is 15.9 Å². The Morgan fingerprint density at radius 2 is 1.72 bits per heavy atom. The molecule has 3 rings (SSSR count). The number of nitrogens with zero attached hydrogens (tertiary/aromatic N) is 1. The molecule has 1 aliphatic rings. The van der Waals surface area contributed by atoms with Gasteiger partial charge in [-0.25, -0.2) is 0 Å². The smallest absolute Gasteiger partial charge is 0.260 e. The van der Waals surface area contributed by atoms with Crippen LogP contribution in [0.1, 0.15) is 11.1 Å². The second kappa shape index (κ2) is 7.78. The molecule has 25 heavy (non-hydrogen) atoms. The van der Waals surface area contributed by atoms with Gasteiger partial charge in [-0.15, -0.1) is 0 Å². The van der Waals surface area contributed by atoms with Crippen LogP contribution in [0.3, 0.4) is 0 Å². The molecule has 0 atom stereocenters. The van der Waals surface area contributed by atoms with Gasteiger partial charge in [0.25, 0.3) is 5.91 Å². The first-order valence-electron chi connectivity index (χ1n) is 8.00. The number of hydrogen-bond acceptors (Lipinski definition) is 4. The number of rotatable bonds is 5. The average Bonchev–Trinajstić information content (AvgIpc) is 2.65. The zero-order valence-electron chi connectivity index (χ0n) is 14.3. The maximum atomic E-state index is 12.5. The molecule has 0 saturated heterocycles. The van der Waals surface area contributed by atoms with E-state index < -0.39 is 0 Å². The third kappa shape index (κ3) is 4.07. The third-order valence-corrected chi connectivity index (χ3v) is 4.78. The van der Waals surface area contributed by atoms with Crippen LogP contribution in [0.15, 0.2) is 40.9 Å². The van der Waals surface area contributed by atoms with Gasteiger partial charge in [-0.3, -0.25) is 4.79 Å². The molecule has 1 heterocycles. The summed E-state index contributed by atoms with van der Waals surface area (Å²) in [7, 11) is 3.24. The lowest BCUT2D eigenvalue weighted by Gasteiger charge is -2.29. The Hall–Kier alpha value is -2.21. The van der Waals surface area contributed by atoms with Crippen LogP contribution in [0.25, 0.3) is 0 Å². The van der Waals surface area contributed by atoms with Gasteiger partial charge < -0.3 is 19.1 Å². The van der Waals surface area contributed by atoms with Crippen LogP contribution >= 0.6 is 15.9 Å². The lowest BCUT2D eigenvalue weighted by molar-refractivity contribution is -0.134. The Kier molecular flexibility index (Phi) is 5.48. The van der Waals surface area contributed by atoms with Gasteiger partial charge in [-0.2, -0.15) is 0 Å². The number of methoxy groups -OCH3 is 2. The molecular formula is C19H20BrNO4. The molecule has 1 aliphatic heterocycles. The Labute approximate surface area is 155 Å². The van der Waals surface area contributed by atoms with Crippen molar-refractivity contribution < 1.29 is 19.0 Å². The quantitative estimate of drug-likeness (QED) is 0.764. The summed E-state index contributed by atoms with van der Waals surface area (Å²) in [5.74, 6) is 2.06. The summed E-state index contributed by atoms with van der Waals surface area (Å²) in [6, 6.07) is 11.4. The minimum atomic E-state index is -0.0247. The largest absolute Gasteiger partial charge is 0.493 e. The summed E-state index contributed by atoms with van der Waals surface area (Å²) in [6.45, 7) is 1.26. The first-order valence-corrected chi connectivity index (χ1v) is 8.80. The molecule has 2 aromatic rings.